The Kier molecular flexibility index (Phi) is 6.19. The quantitative estimate of drug-likeness (QED) is 0.521. The van der Waals surface area contributed by atoms with Gasteiger partial charge in [0, 0.05) is 58.8 Å². The molecule has 2 amide bonds. The van der Waals surface area contributed by atoms with Crippen LogP contribution in [0.2, 0.25) is 0 Å². The molecule has 5 aliphatic rings. The Morgan fingerprint density at radius 2 is 1.79 bits per heavy atom. The molecule has 226 valence electrons. The van der Waals surface area contributed by atoms with Crippen LogP contribution in [0.25, 0.3) is 11.4 Å². The smallest absolute Gasteiger partial charge is 0.410 e. The molecule has 42 heavy (non-hydrogen) atoms. The summed E-state index contributed by atoms with van der Waals surface area (Å²) in [4.78, 5) is 41.9. The van der Waals surface area contributed by atoms with Crippen LogP contribution < -0.4 is 9.64 Å². The maximum atomic E-state index is 13.1. The highest BCUT2D eigenvalue weighted by atomic mass is 16.6. The van der Waals surface area contributed by atoms with Crippen molar-refractivity contribution in [2.45, 2.75) is 83.0 Å². The average molecular weight is 579 g/mol. The summed E-state index contributed by atoms with van der Waals surface area (Å²) in [6.45, 7) is 11.3. The number of ether oxygens (including phenoxy) is 3. The Morgan fingerprint density at radius 1 is 1.05 bits per heavy atom. The number of imidazole rings is 1. The highest BCUT2D eigenvalue weighted by Gasteiger charge is 2.55. The summed E-state index contributed by atoms with van der Waals surface area (Å²) in [7, 11) is 2.06. The molecule has 11 heteroatoms. The molecular weight excluding hydrogens is 536 g/mol. The number of anilines is 1. The molecule has 0 atom stereocenters. The lowest BCUT2D eigenvalue weighted by molar-refractivity contribution is -0.0113. The van der Waals surface area contributed by atoms with Crippen LogP contribution in [0, 0.1) is 12.8 Å². The predicted octanol–water partition coefficient (Wildman–Crippen LogP) is 4.61. The molecule has 0 N–H and O–H groups in total. The zero-order valence-corrected chi connectivity index (χ0v) is 25.4. The van der Waals surface area contributed by atoms with Gasteiger partial charge >= 0.3 is 12.2 Å². The van der Waals surface area contributed by atoms with Gasteiger partial charge in [0.1, 0.15) is 22.7 Å². The van der Waals surface area contributed by atoms with Gasteiger partial charge in [-0.3, -0.25) is 9.88 Å². The van der Waals surface area contributed by atoms with Crippen molar-refractivity contribution in [3.8, 4) is 17.1 Å². The van der Waals surface area contributed by atoms with Gasteiger partial charge in [-0.15, -0.1) is 0 Å². The number of hydrogen-bond donors (Lipinski definition) is 0. The minimum absolute atomic E-state index is 0.222. The van der Waals surface area contributed by atoms with Gasteiger partial charge in [-0.1, -0.05) is 0 Å². The first-order valence-corrected chi connectivity index (χ1v) is 15.4. The highest BCUT2D eigenvalue weighted by molar-refractivity contribution is 5.73. The largest absolute Gasteiger partial charge is 0.478 e. The van der Waals surface area contributed by atoms with Crippen LogP contribution in [-0.4, -0.2) is 87.0 Å². The van der Waals surface area contributed by atoms with Gasteiger partial charge in [0.15, 0.2) is 5.60 Å². The molecule has 0 radical (unpaired) electrons. The molecule has 0 bridgehead atoms. The third kappa shape index (κ3) is 4.74. The predicted molar refractivity (Wildman–Crippen MR) is 155 cm³/mol. The van der Waals surface area contributed by atoms with Crippen LogP contribution in [0.1, 0.15) is 70.6 Å². The molecule has 2 aliphatic carbocycles. The molecule has 2 spiro atoms. The van der Waals surface area contributed by atoms with Crippen molar-refractivity contribution in [1.82, 2.24) is 24.3 Å². The van der Waals surface area contributed by atoms with Crippen LogP contribution in [-0.2, 0) is 22.1 Å². The summed E-state index contributed by atoms with van der Waals surface area (Å²) in [5.74, 6) is 2.14. The minimum atomic E-state index is -0.624. The molecule has 11 nitrogen and oxygen atoms in total. The van der Waals surface area contributed by atoms with Crippen LogP contribution in [0.15, 0.2) is 12.3 Å². The minimum Gasteiger partial charge on any atom is -0.478 e. The maximum Gasteiger partial charge on any atom is 0.410 e. The molecule has 3 aliphatic heterocycles. The van der Waals surface area contributed by atoms with Gasteiger partial charge in [0.25, 0.3) is 0 Å². The number of piperazine rings is 1. The lowest BCUT2D eigenvalue weighted by atomic mass is 9.84. The van der Waals surface area contributed by atoms with Crippen molar-refractivity contribution in [3.63, 3.8) is 0 Å². The van der Waals surface area contributed by atoms with Crippen molar-refractivity contribution >= 4 is 18.1 Å². The Morgan fingerprint density at radius 3 is 2.45 bits per heavy atom. The fraction of sp³-hybridized carbons (Fsp3) is 0.677. The van der Waals surface area contributed by atoms with E-state index >= 15 is 0 Å². The number of fused-ring (bicyclic) bond motifs is 4. The van der Waals surface area contributed by atoms with Gasteiger partial charge in [-0.25, -0.2) is 14.6 Å². The second-order valence-electron chi connectivity index (χ2n) is 13.9. The number of likely N-dealkylation sites (tertiary alicyclic amines) is 1. The van der Waals surface area contributed by atoms with Crippen molar-refractivity contribution in [2.75, 3.05) is 44.2 Å². The molecule has 5 heterocycles. The van der Waals surface area contributed by atoms with Crippen molar-refractivity contribution in [1.29, 1.82) is 0 Å². The standard InChI is InChI=1S/C31H42N6O5/c1-20-16-22-23(32-17-20)24-25(31(41-22)10-12-35(13-11-31)27(38)40-18-21-6-7-21)34(5)26(33-24)36-14-15-37(30(19-36)8-9-30)28(39)42-29(2,3)4/h16-17,21H,6-15,18-19H2,1-5H3. The van der Waals surface area contributed by atoms with Crippen molar-refractivity contribution in [2.24, 2.45) is 13.0 Å². The normalized spacial score (nSPS) is 22.0. The van der Waals surface area contributed by atoms with E-state index < -0.39 is 11.2 Å². The van der Waals surface area contributed by atoms with Crippen molar-refractivity contribution < 1.29 is 23.8 Å². The second kappa shape index (κ2) is 9.50. The number of amides is 2. The summed E-state index contributed by atoms with van der Waals surface area (Å²) < 4.78 is 20.3. The van der Waals surface area contributed by atoms with E-state index in [9.17, 15) is 9.59 Å². The molecule has 0 unspecified atom stereocenters. The third-order valence-electron chi connectivity index (χ3n) is 9.37. The van der Waals surface area contributed by atoms with Crippen LogP contribution in [0.4, 0.5) is 15.5 Å². The lowest BCUT2D eigenvalue weighted by Crippen LogP contribution is -2.58. The van der Waals surface area contributed by atoms with Crippen LogP contribution >= 0.6 is 0 Å². The van der Waals surface area contributed by atoms with Crippen molar-refractivity contribution in [3.05, 3.63) is 23.5 Å². The summed E-state index contributed by atoms with van der Waals surface area (Å²) in [5.41, 5.74) is 2.26. The maximum absolute atomic E-state index is 13.1. The third-order valence-corrected chi connectivity index (χ3v) is 9.37. The number of nitrogens with zero attached hydrogens (tertiary/aromatic N) is 6. The molecule has 7 rings (SSSR count). The van der Waals surface area contributed by atoms with E-state index in [4.69, 9.17) is 24.2 Å². The molecular formula is C31H42N6O5. The first kappa shape index (κ1) is 27.3. The fourth-order valence-electron chi connectivity index (χ4n) is 6.79. The number of carbonyl (C=O) groups is 2. The van der Waals surface area contributed by atoms with E-state index in [0.717, 1.165) is 60.0 Å². The van der Waals surface area contributed by atoms with Gasteiger partial charge in [0.05, 0.1) is 17.8 Å². The molecule has 2 aromatic heterocycles. The Bertz CT molecular complexity index is 1410. The topological polar surface area (TPSA) is 102 Å². The molecule has 4 fully saturated rings. The van der Waals surface area contributed by atoms with Gasteiger partial charge in [0.2, 0.25) is 5.95 Å². The average Bonchev–Trinajstić information content (AvgIpc) is 3.86. The number of carbonyl (C=O) groups excluding carboxylic acids is 2. The Balaban J connectivity index is 1.17. The van der Waals surface area contributed by atoms with E-state index in [1.807, 2.05) is 49.8 Å². The Hall–Kier alpha value is -3.50. The summed E-state index contributed by atoms with van der Waals surface area (Å²) in [5, 5.41) is 0. The lowest BCUT2D eigenvalue weighted by Gasteiger charge is -2.44. The van der Waals surface area contributed by atoms with E-state index in [2.05, 4.69) is 16.5 Å². The van der Waals surface area contributed by atoms with Gasteiger partial charge in [-0.2, -0.15) is 0 Å². The van der Waals surface area contributed by atoms with Gasteiger partial charge in [-0.05, 0) is 70.9 Å². The molecule has 2 saturated heterocycles. The monoisotopic (exact) mass is 578 g/mol. The summed E-state index contributed by atoms with van der Waals surface area (Å²) in [6.07, 6.45) is 6.89. The number of pyridine rings is 1. The summed E-state index contributed by atoms with van der Waals surface area (Å²) >= 11 is 0. The number of rotatable bonds is 3. The van der Waals surface area contributed by atoms with Crippen LogP contribution in [0.3, 0.4) is 0 Å². The van der Waals surface area contributed by atoms with E-state index in [0.29, 0.717) is 58.1 Å². The van der Waals surface area contributed by atoms with E-state index in [1.54, 1.807) is 0 Å². The highest BCUT2D eigenvalue weighted by Crippen LogP contribution is 2.51. The number of piperidine rings is 1. The first-order chi connectivity index (χ1) is 20.0. The SMILES string of the molecule is Cc1cnc2c(c1)OC1(CCN(C(=O)OCC3CC3)CC1)c1c-2nc(N2CCN(C(=O)OC(C)(C)C)C3(CC3)C2)n1C. The van der Waals surface area contributed by atoms with E-state index in [1.165, 1.54) is 0 Å². The molecule has 2 saturated carbocycles. The Labute approximate surface area is 247 Å². The van der Waals surface area contributed by atoms with Crippen LogP contribution in [0.5, 0.6) is 5.75 Å². The van der Waals surface area contributed by atoms with Gasteiger partial charge < -0.3 is 28.6 Å². The fourth-order valence-corrected chi connectivity index (χ4v) is 6.79. The zero-order chi connectivity index (χ0) is 29.4. The first-order valence-electron chi connectivity index (χ1n) is 15.4. The molecule has 2 aromatic rings. The molecule has 0 aromatic carbocycles. The summed E-state index contributed by atoms with van der Waals surface area (Å²) in [6, 6.07) is 2.04. The zero-order valence-electron chi connectivity index (χ0n) is 25.4. The second-order valence-corrected chi connectivity index (χ2v) is 13.9. The number of hydrogen-bond acceptors (Lipinski definition) is 8. The number of aryl methyl sites for hydroxylation is 1. The number of aromatic nitrogens is 3. The van der Waals surface area contributed by atoms with E-state index in [-0.39, 0.29) is 17.7 Å².